The van der Waals surface area contributed by atoms with Gasteiger partial charge in [0.15, 0.2) is 0 Å². The van der Waals surface area contributed by atoms with E-state index in [0.717, 1.165) is 12.1 Å². The van der Waals surface area contributed by atoms with Crippen LogP contribution in [0.5, 0.6) is 0 Å². The molecule has 0 heterocycles. The molecule has 0 aromatic rings. The summed E-state index contributed by atoms with van der Waals surface area (Å²) in [6.45, 7) is 15.5. The van der Waals surface area contributed by atoms with Crippen molar-refractivity contribution in [2.75, 3.05) is 0 Å². The fourth-order valence-corrected chi connectivity index (χ4v) is 1.74. The Kier molecular flexibility index (Phi) is 8.76. The summed E-state index contributed by atoms with van der Waals surface area (Å²) in [5.41, 5.74) is 5.81. The first-order valence-electron chi connectivity index (χ1n) is 7.04. The number of hydrazine groups is 1. The quantitative estimate of drug-likeness (QED) is 0.575. The molecule has 0 atom stereocenters. The van der Waals surface area contributed by atoms with Crippen LogP contribution in [0.1, 0.15) is 68.2 Å². The van der Waals surface area contributed by atoms with Crippen molar-refractivity contribution < 1.29 is 4.79 Å². The lowest BCUT2D eigenvalue weighted by Gasteiger charge is -2.39. The summed E-state index contributed by atoms with van der Waals surface area (Å²) < 4.78 is 0. The number of carbonyl (C=O) groups excluding carboxylic acids is 1. The van der Waals surface area contributed by atoms with Crippen LogP contribution in [-0.2, 0) is 4.79 Å². The van der Waals surface area contributed by atoms with Crippen molar-refractivity contribution in [2.24, 2.45) is 17.0 Å². The first-order chi connectivity index (χ1) is 8.53. The van der Waals surface area contributed by atoms with Gasteiger partial charge in [0.25, 0.3) is 0 Å². The molecule has 0 unspecified atom stereocenters. The summed E-state index contributed by atoms with van der Waals surface area (Å²) in [7, 11) is 0. The molecule has 19 heavy (non-hydrogen) atoms. The molecule has 0 aliphatic carbocycles. The SMILES string of the molecule is CC.CC/C(N)=C/N(N)C(C)(C)CC(C)(C)C(C)=O. The monoisotopic (exact) mass is 271 g/mol. The lowest BCUT2D eigenvalue weighted by Crippen LogP contribution is -2.49. The minimum absolute atomic E-state index is 0.173. The molecule has 0 aromatic heterocycles. The predicted octanol–water partition coefficient (Wildman–Crippen LogP) is 3.18. The summed E-state index contributed by atoms with van der Waals surface area (Å²) in [4.78, 5) is 11.5. The Balaban J connectivity index is 0. The maximum absolute atomic E-state index is 11.5. The summed E-state index contributed by atoms with van der Waals surface area (Å²) in [6, 6.07) is 0. The molecule has 4 heteroatoms. The number of hydrogen-bond acceptors (Lipinski definition) is 4. The molecule has 0 aliphatic rings. The maximum Gasteiger partial charge on any atom is 0.135 e. The number of rotatable bonds is 6. The van der Waals surface area contributed by atoms with Crippen molar-refractivity contribution in [1.29, 1.82) is 0 Å². The summed E-state index contributed by atoms with van der Waals surface area (Å²) in [6.07, 6.45) is 3.19. The topological polar surface area (TPSA) is 72.3 Å². The number of hydrogen-bond donors (Lipinski definition) is 2. The smallest absolute Gasteiger partial charge is 0.135 e. The van der Waals surface area contributed by atoms with E-state index < -0.39 is 0 Å². The van der Waals surface area contributed by atoms with Crippen molar-refractivity contribution in [3.05, 3.63) is 11.9 Å². The highest BCUT2D eigenvalue weighted by Crippen LogP contribution is 2.31. The van der Waals surface area contributed by atoms with E-state index in [4.69, 9.17) is 11.6 Å². The van der Waals surface area contributed by atoms with E-state index in [1.54, 1.807) is 18.1 Å². The van der Waals surface area contributed by atoms with Crippen molar-refractivity contribution in [1.82, 2.24) is 5.01 Å². The van der Waals surface area contributed by atoms with Crippen LogP contribution in [0.2, 0.25) is 0 Å². The molecule has 0 spiro atoms. The largest absolute Gasteiger partial charge is 0.401 e. The minimum Gasteiger partial charge on any atom is -0.401 e. The molecule has 0 aliphatic heterocycles. The third-order valence-electron chi connectivity index (χ3n) is 3.24. The minimum atomic E-state index is -0.379. The van der Waals surface area contributed by atoms with E-state index >= 15 is 0 Å². The Morgan fingerprint density at radius 3 is 1.95 bits per heavy atom. The van der Waals surface area contributed by atoms with E-state index in [9.17, 15) is 4.79 Å². The average Bonchev–Trinajstić information content (AvgIpc) is 2.29. The van der Waals surface area contributed by atoms with E-state index in [0.29, 0.717) is 6.42 Å². The first-order valence-corrected chi connectivity index (χ1v) is 7.04. The number of allylic oxidation sites excluding steroid dienone is 1. The van der Waals surface area contributed by atoms with E-state index in [1.807, 2.05) is 48.5 Å². The molecule has 0 saturated carbocycles. The molecule has 114 valence electrons. The van der Waals surface area contributed by atoms with Gasteiger partial charge in [-0.15, -0.1) is 0 Å². The van der Waals surface area contributed by atoms with Crippen LogP contribution >= 0.6 is 0 Å². The summed E-state index contributed by atoms with van der Waals surface area (Å²) in [5, 5.41) is 1.61. The highest BCUT2D eigenvalue weighted by molar-refractivity contribution is 5.81. The molecule has 0 bridgehead atoms. The maximum atomic E-state index is 11.5. The van der Waals surface area contributed by atoms with Gasteiger partial charge in [0, 0.05) is 17.3 Å². The second kappa shape index (κ2) is 8.20. The molecular weight excluding hydrogens is 238 g/mol. The van der Waals surface area contributed by atoms with Gasteiger partial charge >= 0.3 is 0 Å². The molecule has 0 rings (SSSR count). The van der Waals surface area contributed by atoms with Crippen LogP contribution in [0.15, 0.2) is 11.9 Å². The van der Waals surface area contributed by atoms with Crippen molar-refractivity contribution in [3.63, 3.8) is 0 Å². The van der Waals surface area contributed by atoms with Gasteiger partial charge < -0.3 is 10.7 Å². The van der Waals surface area contributed by atoms with Crippen molar-refractivity contribution in [2.45, 2.75) is 73.8 Å². The van der Waals surface area contributed by atoms with Crippen LogP contribution in [0.4, 0.5) is 0 Å². The third kappa shape index (κ3) is 7.21. The zero-order chi connectivity index (χ0) is 15.9. The van der Waals surface area contributed by atoms with E-state index in [-0.39, 0.29) is 16.7 Å². The van der Waals surface area contributed by atoms with Crippen LogP contribution in [-0.4, -0.2) is 16.3 Å². The Hall–Kier alpha value is -1.03. The molecule has 0 radical (unpaired) electrons. The summed E-state index contributed by atoms with van der Waals surface area (Å²) >= 11 is 0. The first kappa shape index (κ1) is 20.3. The number of Topliss-reactive ketones (excluding diaryl/α,β-unsaturated/α-hetero) is 1. The van der Waals surface area contributed by atoms with Crippen molar-refractivity contribution in [3.8, 4) is 0 Å². The van der Waals surface area contributed by atoms with Gasteiger partial charge in [0.05, 0.1) is 5.54 Å². The van der Waals surface area contributed by atoms with Gasteiger partial charge in [-0.1, -0.05) is 34.6 Å². The number of nitrogens with zero attached hydrogens (tertiary/aromatic N) is 1. The number of nitrogens with two attached hydrogens (primary N) is 2. The van der Waals surface area contributed by atoms with E-state index in [2.05, 4.69) is 0 Å². The predicted molar refractivity (Wildman–Crippen MR) is 83.1 cm³/mol. The molecule has 4 nitrogen and oxygen atoms in total. The fraction of sp³-hybridized carbons (Fsp3) is 0.800. The van der Waals surface area contributed by atoms with Crippen LogP contribution in [0.25, 0.3) is 0 Å². The molecule has 0 aromatic carbocycles. The van der Waals surface area contributed by atoms with Gasteiger partial charge in [-0.25, -0.2) is 5.84 Å². The average molecular weight is 271 g/mol. The Morgan fingerprint density at radius 2 is 1.63 bits per heavy atom. The zero-order valence-electron chi connectivity index (χ0n) is 14.0. The van der Waals surface area contributed by atoms with Gasteiger partial charge in [-0.3, -0.25) is 4.79 Å². The van der Waals surface area contributed by atoms with Crippen LogP contribution in [0.3, 0.4) is 0 Å². The Bertz CT molecular complexity index is 307. The molecule has 4 N–H and O–H groups in total. The van der Waals surface area contributed by atoms with Crippen LogP contribution in [0, 0.1) is 5.41 Å². The van der Waals surface area contributed by atoms with Crippen molar-refractivity contribution >= 4 is 5.78 Å². The normalized spacial score (nSPS) is 12.6. The summed E-state index contributed by atoms with van der Waals surface area (Å²) in [5.74, 6) is 6.17. The molecule has 0 amide bonds. The van der Waals surface area contributed by atoms with E-state index in [1.165, 1.54) is 0 Å². The van der Waals surface area contributed by atoms with Crippen LogP contribution < -0.4 is 11.6 Å². The number of ketones is 1. The Morgan fingerprint density at radius 1 is 1.21 bits per heavy atom. The molecule has 0 fully saturated rings. The molecular formula is C15H33N3O. The second-order valence-corrected chi connectivity index (χ2v) is 5.89. The highest BCUT2D eigenvalue weighted by Gasteiger charge is 2.34. The zero-order valence-corrected chi connectivity index (χ0v) is 14.0. The van der Waals surface area contributed by atoms with Gasteiger partial charge in [-0.2, -0.15) is 0 Å². The lowest BCUT2D eigenvalue weighted by atomic mass is 9.77. The van der Waals surface area contributed by atoms with Gasteiger partial charge in [-0.05, 0) is 33.6 Å². The molecule has 0 saturated heterocycles. The second-order valence-electron chi connectivity index (χ2n) is 5.89. The fourth-order valence-electron chi connectivity index (χ4n) is 1.74. The third-order valence-corrected chi connectivity index (χ3v) is 3.24. The van der Waals surface area contributed by atoms with Gasteiger partial charge in [0.2, 0.25) is 0 Å². The lowest BCUT2D eigenvalue weighted by molar-refractivity contribution is -0.126. The standard InChI is InChI=1S/C13H27N3O.C2H6/c1-7-11(14)8-16(15)13(5,6)9-12(3,4)10(2)17;1-2/h8H,7,9,14-15H2,1-6H3;1-2H3/b11-8-;. The van der Waals surface area contributed by atoms with Gasteiger partial charge in [0.1, 0.15) is 5.78 Å². The number of carbonyl (C=O) groups is 1. The Labute approximate surface area is 119 Å². The highest BCUT2D eigenvalue weighted by atomic mass is 16.1.